The minimum absolute atomic E-state index is 0.118. The third-order valence-electron chi connectivity index (χ3n) is 3.89. The van der Waals surface area contributed by atoms with Crippen molar-refractivity contribution in [1.29, 1.82) is 0 Å². The smallest absolute Gasteiger partial charge is 0.259 e. The lowest BCUT2D eigenvalue weighted by molar-refractivity contribution is 0.397. The Morgan fingerprint density at radius 1 is 1.15 bits per heavy atom. The van der Waals surface area contributed by atoms with Crippen molar-refractivity contribution in [2.75, 3.05) is 14.1 Å². The predicted molar refractivity (Wildman–Crippen MR) is 93.5 cm³/mol. The van der Waals surface area contributed by atoms with Gasteiger partial charge in [0.15, 0.2) is 0 Å². The van der Waals surface area contributed by atoms with Crippen LogP contribution in [0.1, 0.15) is 0 Å². The summed E-state index contributed by atoms with van der Waals surface area (Å²) in [5.41, 5.74) is 1.22. The Bertz CT molecular complexity index is 1070. The van der Waals surface area contributed by atoms with E-state index in [1.807, 2.05) is 0 Å². The summed E-state index contributed by atoms with van der Waals surface area (Å²) < 4.78 is 51.5. The van der Waals surface area contributed by atoms with Crippen LogP contribution in [0.5, 0.6) is 0 Å². The number of hydrogen-bond donors (Lipinski definition) is 0. The molecule has 0 saturated carbocycles. The minimum atomic E-state index is -4.58. The highest BCUT2D eigenvalue weighted by molar-refractivity contribution is 7.85. The molecule has 0 atom stereocenters. The van der Waals surface area contributed by atoms with Crippen molar-refractivity contribution in [1.82, 2.24) is 14.0 Å². The summed E-state index contributed by atoms with van der Waals surface area (Å²) in [4.78, 5) is 4.21. The first kappa shape index (κ1) is 18.5. The first-order valence-corrected chi connectivity index (χ1v) is 9.04. The van der Waals surface area contributed by atoms with Crippen molar-refractivity contribution in [3.05, 3.63) is 53.3 Å². The molecule has 3 rings (SSSR count). The van der Waals surface area contributed by atoms with Gasteiger partial charge in [0.25, 0.3) is 16.2 Å². The van der Waals surface area contributed by atoms with Gasteiger partial charge in [-0.3, -0.25) is 0 Å². The fourth-order valence-electron chi connectivity index (χ4n) is 2.21. The zero-order valence-corrected chi connectivity index (χ0v) is 15.3. The zero-order chi connectivity index (χ0) is 19.1. The standard InChI is InChI=1S/C16H13ClFN3O4S/c1-21(2,26(22,23)24)12-6-3-10(4-7-12)15-19-16(25-20-15)13-8-5-11(18)9-14(13)17/h3-9H,1-2H3. The van der Waals surface area contributed by atoms with Gasteiger partial charge in [0.1, 0.15) is 11.5 Å². The van der Waals surface area contributed by atoms with E-state index in [1.54, 1.807) is 12.1 Å². The number of hydrogen-bond acceptors (Lipinski definition) is 6. The molecule has 0 aliphatic rings. The van der Waals surface area contributed by atoms with Crippen LogP contribution in [0.15, 0.2) is 47.0 Å². The Kier molecular flexibility index (Phi) is 4.57. The molecular formula is C16H13ClFN3O4S. The molecular weight excluding hydrogens is 385 g/mol. The van der Waals surface area contributed by atoms with E-state index in [-0.39, 0.29) is 22.4 Å². The van der Waals surface area contributed by atoms with Gasteiger partial charge in [-0.15, -0.1) is 0 Å². The lowest BCUT2D eigenvalue weighted by atomic mass is 10.2. The van der Waals surface area contributed by atoms with Gasteiger partial charge in [0, 0.05) is 17.7 Å². The molecule has 136 valence electrons. The molecule has 1 heterocycles. The fraction of sp³-hybridized carbons (Fsp3) is 0.125. The molecule has 1 aromatic heterocycles. The first-order valence-electron chi connectivity index (χ1n) is 7.30. The summed E-state index contributed by atoms with van der Waals surface area (Å²) in [6.07, 6.45) is 0. The fourth-order valence-corrected chi connectivity index (χ4v) is 2.84. The van der Waals surface area contributed by atoms with Gasteiger partial charge >= 0.3 is 0 Å². The van der Waals surface area contributed by atoms with Crippen LogP contribution in [-0.4, -0.2) is 37.2 Å². The molecule has 0 saturated heterocycles. The van der Waals surface area contributed by atoms with Crippen LogP contribution in [0, 0.1) is 5.82 Å². The molecule has 2 aromatic carbocycles. The molecule has 0 spiro atoms. The van der Waals surface area contributed by atoms with Crippen LogP contribution in [0.25, 0.3) is 22.8 Å². The molecule has 0 N–H and O–H groups in total. The third-order valence-corrected chi connectivity index (χ3v) is 5.54. The Labute approximate surface area is 154 Å². The molecule has 0 aliphatic heterocycles. The van der Waals surface area contributed by atoms with E-state index in [2.05, 4.69) is 10.1 Å². The minimum Gasteiger partial charge on any atom is -0.701 e. The van der Waals surface area contributed by atoms with Crippen molar-refractivity contribution < 1.29 is 21.9 Å². The quantitative estimate of drug-likeness (QED) is 0.495. The summed E-state index contributed by atoms with van der Waals surface area (Å²) in [7, 11) is -2.02. The van der Waals surface area contributed by atoms with E-state index in [1.165, 1.54) is 38.4 Å². The molecule has 26 heavy (non-hydrogen) atoms. The van der Waals surface area contributed by atoms with Gasteiger partial charge in [0.2, 0.25) is 5.82 Å². The lowest BCUT2D eigenvalue weighted by Gasteiger charge is -2.30. The molecule has 0 aliphatic carbocycles. The lowest BCUT2D eigenvalue weighted by Crippen LogP contribution is -2.46. The Morgan fingerprint density at radius 2 is 1.81 bits per heavy atom. The highest BCUT2D eigenvalue weighted by Crippen LogP contribution is 2.30. The summed E-state index contributed by atoms with van der Waals surface area (Å²) in [6, 6.07) is 9.92. The number of nitrogens with zero attached hydrogens (tertiary/aromatic N) is 3. The Balaban J connectivity index is 1.93. The average Bonchev–Trinajstić information content (AvgIpc) is 3.03. The molecule has 0 unspecified atom stereocenters. The molecule has 0 amide bonds. The Hall–Kier alpha value is -2.33. The second-order valence-electron chi connectivity index (χ2n) is 5.87. The van der Waals surface area contributed by atoms with Gasteiger partial charge < -0.3 is 9.08 Å². The molecule has 7 nitrogen and oxygen atoms in total. The van der Waals surface area contributed by atoms with Crippen molar-refractivity contribution >= 4 is 27.6 Å². The van der Waals surface area contributed by atoms with Gasteiger partial charge in [0.05, 0.1) is 24.7 Å². The van der Waals surface area contributed by atoms with E-state index in [9.17, 15) is 17.4 Å². The SMILES string of the molecule is C[N+](C)(c1ccc(-c2noc(-c3ccc(F)cc3Cl)n2)cc1)S(=O)(=O)[O-]. The molecule has 0 fully saturated rings. The van der Waals surface area contributed by atoms with Crippen LogP contribution in [0.3, 0.4) is 0 Å². The molecule has 0 radical (unpaired) electrons. The Morgan fingerprint density at radius 3 is 2.38 bits per heavy atom. The van der Waals surface area contributed by atoms with E-state index in [0.29, 0.717) is 11.1 Å². The zero-order valence-electron chi connectivity index (χ0n) is 13.7. The first-order chi connectivity index (χ1) is 12.1. The molecule has 3 aromatic rings. The second kappa shape index (κ2) is 6.44. The number of rotatable bonds is 4. The topological polar surface area (TPSA) is 96.1 Å². The summed E-state index contributed by atoms with van der Waals surface area (Å²) in [5, 5.41) is 3.98. The summed E-state index contributed by atoms with van der Waals surface area (Å²) in [5.74, 6) is -0.127. The monoisotopic (exact) mass is 397 g/mol. The normalized spacial score (nSPS) is 12.3. The maximum absolute atomic E-state index is 13.1. The summed E-state index contributed by atoms with van der Waals surface area (Å²) >= 11 is 5.98. The highest BCUT2D eigenvalue weighted by atomic mass is 35.5. The van der Waals surface area contributed by atoms with Crippen molar-refractivity contribution in [3.8, 4) is 22.8 Å². The maximum Gasteiger partial charge on any atom is 0.259 e. The van der Waals surface area contributed by atoms with Crippen LogP contribution >= 0.6 is 11.6 Å². The maximum atomic E-state index is 13.1. The number of benzene rings is 2. The van der Waals surface area contributed by atoms with E-state index >= 15 is 0 Å². The van der Waals surface area contributed by atoms with Crippen molar-refractivity contribution in [2.24, 2.45) is 0 Å². The predicted octanol–water partition coefficient (Wildman–Crippen LogP) is 3.22. The van der Waals surface area contributed by atoms with Gasteiger partial charge in [-0.05, 0) is 30.3 Å². The molecule has 0 bridgehead atoms. The van der Waals surface area contributed by atoms with Crippen molar-refractivity contribution in [2.45, 2.75) is 0 Å². The average molecular weight is 398 g/mol. The summed E-state index contributed by atoms with van der Waals surface area (Å²) in [6.45, 7) is 0. The number of quaternary nitrogens is 1. The van der Waals surface area contributed by atoms with E-state index in [4.69, 9.17) is 16.1 Å². The number of aromatic nitrogens is 2. The van der Waals surface area contributed by atoms with Crippen LogP contribution in [0.4, 0.5) is 10.1 Å². The van der Waals surface area contributed by atoms with Gasteiger partial charge in [-0.1, -0.05) is 16.8 Å². The third kappa shape index (κ3) is 3.34. The van der Waals surface area contributed by atoms with E-state index in [0.717, 1.165) is 6.07 Å². The van der Waals surface area contributed by atoms with Gasteiger partial charge in [-0.2, -0.15) is 13.4 Å². The van der Waals surface area contributed by atoms with Crippen LogP contribution in [0.2, 0.25) is 5.02 Å². The second-order valence-corrected chi connectivity index (χ2v) is 8.05. The highest BCUT2D eigenvalue weighted by Gasteiger charge is 2.27. The van der Waals surface area contributed by atoms with Crippen molar-refractivity contribution in [3.63, 3.8) is 0 Å². The van der Waals surface area contributed by atoms with Crippen LogP contribution in [-0.2, 0) is 10.3 Å². The van der Waals surface area contributed by atoms with Crippen LogP contribution < -0.4 is 3.89 Å². The number of halogens is 2. The van der Waals surface area contributed by atoms with E-state index < -0.39 is 20.0 Å². The largest absolute Gasteiger partial charge is 0.701 e. The molecule has 10 heteroatoms. The van der Waals surface area contributed by atoms with Gasteiger partial charge in [-0.25, -0.2) is 8.28 Å².